The average molecular weight is 293 g/mol. The third kappa shape index (κ3) is 2.71. The van der Waals surface area contributed by atoms with Crippen molar-refractivity contribution in [3.05, 3.63) is 28.2 Å². The number of morpholine rings is 1. The Labute approximate surface area is 122 Å². The Kier molecular flexibility index (Phi) is 3.76. The Hall–Kier alpha value is -1.40. The first-order chi connectivity index (χ1) is 9.63. The van der Waals surface area contributed by atoms with E-state index in [1.54, 1.807) is 11.3 Å². The molecule has 2 atom stereocenters. The van der Waals surface area contributed by atoms with E-state index in [9.17, 15) is 0 Å². The summed E-state index contributed by atoms with van der Waals surface area (Å²) in [5, 5.41) is 8.25. The average Bonchev–Trinajstić information content (AvgIpc) is 3.10. The molecule has 2 aromatic rings. The smallest absolute Gasteiger partial charge is 0.324 e. The molecular formula is C14H19N3O2S. The highest BCUT2D eigenvalue weighted by molar-refractivity contribution is 7.07. The molecule has 3 rings (SSSR count). The number of rotatable bonds is 3. The molecule has 1 fully saturated rings. The van der Waals surface area contributed by atoms with Crippen molar-refractivity contribution in [1.82, 2.24) is 10.1 Å². The van der Waals surface area contributed by atoms with Gasteiger partial charge in [0.2, 0.25) is 0 Å². The maximum absolute atomic E-state index is 6.01. The van der Waals surface area contributed by atoms with Gasteiger partial charge in [0.15, 0.2) is 5.82 Å². The fourth-order valence-corrected chi connectivity index (χ4v) is 3.04. The SMILES string of the molecule is CC(C)c1noc(N2C[C@@H](C)O[C@@H](c3ccsc3)C2)n1. The zero-order chi connectivity index (χ0) is 14.1. The van der Waals surface area contributed by atoms with E-state index in [0.717, 1.165) is 18.9 Å². The lowest BCUT2D eigenvalue weighted by Crippen LogP contribution is -2.43. The summed E-state index contributed by atoms with van der Waals surface area (Å²) < 4.78 is 11.4. The normalized spacial score (nSPS) is 23.5. The van der Waals surface area contributed by atoms with Crippen molar-refractivity contribution < 1.29 is 9.26 Å². The Morgan fingerprint density at radius 3 is 2.90 bits per heavy atom. The molecule has 0 aliphatic carbocycles. The van der Waals surface area contributed by atoms with Crippen LogP contribution in [0.1, 0.15) is 44.2 Å². The van der Waals surface area contributed by atoms with Crippen molar-refractivity contribution in [3.63, 3.8) is 0 Å². The zero-order valence-corrected chi connectivity index (χ0v) is 12.8. The maximum Gasteiger partial charge on any atom is 0.324 e. The molecule has 3 heterocycles. The molecule has 0 unspecified atom stereocenters. The molecule has 6 heteroatoms. The predicted molar refractivity (Wildman–Crippen MR) is 78.2 cm³/mol. The third-order valence-electron chi connectivity index (χ3n) is 3.39. The molecule has 0 bridgehead atoms. The van der Waals surface area contributed by atoms with Crippen LogP contribution in [0.2, 0.25) is 0 Å². The van der Waals surface area contributed by atoms with Gasteiger partial charge in [-0.1, -0.05) is 19.0 Å². The van der Waals surface area contributed by atoms with Crippen LogP contribution >= 0.6 is 11.3 Å². The van der Waals surface area contributed by atoms with Crippen molar-refractivity contribution >= 4 is 17.4 Å². The van der Waals surface area contributed by atoms with E-state index < -0.39 is 0 Å². The first-order valence-corrected chi connectivity index (χ1v) is 7.84. The Morgan fingerprint density at radius 1 is 1.40 bits per heavy atom. The van der Waals surface area contributed by atoms with Gasteiger partial charge in [-0.3, -0.25) is 0 Å². The lowest BCUT2D eigenvalue weighted by atomic mass is 10.1. The summed E-state index contributed by atoms with van der Waals surface area (Å²) in [6, 6.07) is 2.71. The molecule has 5 nitrogen and oxygen atoms in total. The lowest BCUT2D eigenvalue weighted by Gasteiger charge is -2.35. The minimum Gasteiger partial charge on any atom is -0.367 e. The maximum atomic E-state index is 6.01. The summed E-state index contributed by atoms with van der Waals surface area (Å²) in [6.07, 6.45) is 0.211. The molecule has 1 saturated heterocycles. The van der Waals surface area contributed by atoms with Crippen LogP contribution in [0, 0.1) is 0 Å². The summed E-state index contributed by atoms with van der Waals surface area (Å²) in [6.45, 7) is 7.72. The molecule has 0 spiro atoms. The summed E-state index contributed by atoms with van der Waals surface area (Å²) in [5.74, 6) is 1.03. The van der Waals surface area contributed by atoms with Crippen molar-refractivity contribution in [2.75, 3.05) is 18.0 Å². The van der Waals surface area contributed by atoms with Crippen molar-refractivity contribution in [1.29, 1.82) is 0 Å². The van der Waals surface area contributed by atoms with E-state index in [1.165, 1.54) is 5.56 Å². The molecule has 2 aromatic heterocycles. The number of hydrogen-bond acceptors (Lipinski definition) is 6. The lowest BCUT2D eigenvalue weighted by molar-refractivity contribution is -0.0188. The third-order valence-corrected chi connectivity index (χ3v) is 4.09. The molecule has 20 heavy (non-hydrogen) atoms. The molecule has 0 N–H and O–H groups in total. The monoisotopic (exact) mass is 293 g/mol. The minimum atomic E-state index is 0.0689. The number of ether oxygens (including phenoxy) is 1. The molecule has 1 aliphatic rings. The first-order valence-electron chi connectivity index (χ1n) is 6.89. The quantitative estimate of drug-likeness (QED) is 0.869. The van der Waals surface area contributed by atoms with E-state index in [0.29, 0.717) is 6.01 Å². The summed E-state index contributed by atoms with van der Waals surface area (Å²) in [4.78, 5) is 6.60. The zero-order valence-electron chi connectivity index (χ0n) is 11.9. The molecule has 0 aromatic carbocycles. The largest absolute Gasteiger partial charge is 0.367 e. The molecule has 0 radical (unpaired) electrons. The van der Waals surface area contributed by atoms with Crippen LogP contribution in [0.25, 0.3) is 0 Å². The van der Waals surface area contributed by atoms with E-state index in [1.807, 2.05) is 0 Å². The minimum absolute atomic E-state index is 0.0689. The number of thiophene rings is 1. The molecule has 0 amide bonds. The van der Waals surface area contributed by atoms with Gasteiger partial charge >= 0.3 is 6.01 Å². The van der Waals surface area contributed by atoms with Gasteiger partial charge in [0.25, 0.3) is 0 Å². The number of aromatic nitrogens is 2. The van der Waals surface area contributed by atoms with Gasteiger partial charge < -0.3 is 14.2 Å². The molecule has 1 aliphatic heterocycles. The van der Waals surface area contributed by atoms with Crippen LogP contribution in [-0.2, 0) is 4.74 Å². The van der Waals surface area contributed by atoms with Crippen LogP contribution in [0.5, 0.6) is 0 Å². The Morgan fingerprint density at radius 2 is 2.25 bits per heavy atom. The number of anilines is 1. The Balaban J connectivity index is 1.78. The summed E-state index contributed by atoms with van der Waals surface area (Å²) in [5.41, 5.74) is 1.22. The second kappa shape index (κ2) is 5.54. The van der Waals surface area contributed by atoms with E-state index >= 15 is 0 Å². The van der Waals surface area contributed by atoms with E-state index in [-0.39, 0.29) is 18.1 Å². The van der Waals surface area contributed by atoms with Crippen molar-refractivity contribution in [2.24, 2.45) is 0 Å². The Bertz CT molecular complexity index is 553. The highest BCUT2D eigenvalue weighted by atomic mass is 32.1. The van der Waals surface area contributed by atoms with Crippen LogP contribution in [0.4, 0.5) is 6.01 Å². The van der Waals surface area contributed by atoms with E-state index in [2.05, 4.69) is 52.6 Å². The predicted octanol–water partition coefficient (Wildman–Crippen LogP) is 3.22. The van der Waals surface area contributed by atoms with Gasteiger partial charge in [0.05, 0.1) is 12.6 Å². The van der Waals surface area contributed by atoms with Gasteiger partial charge in [-0.25, -0.2) is 0 Å². The van der Waals surface area contributed by atoms with Crippen LogP contribution in [-0.4, -0.2) is 29.3 Å². The summed E-state index contributed by atoms with van der Waals surface area (Å²) in [7, 11) is 0. The molecular weight excluding hydrogens is 274 g/mol. The van der Waals surface area contributed by atoms with Gasteiger partial charge in [-0.05, 0) is 29.3 Å². The van der Waals surface area contributed by atoms with Crippen molar-refractivity contribution in [2.45, 2.75) is 38.9 Å². The van der Waals surface area contributed by atoms with Gasteiger partial charge in [0.1, 0.15) is 6.10 Å². The van der Waals surface area contributed by atoms with Crippen LogP contribution in [0.3, 0.4) is 0 Å². The molecule has 0 saturated carbocycles. The van der Waals surface area contributed by atoms with Crippen molar-refractivity contribution in [3.8, 4) is 0 Å². The highest BCUT2D eigenvalue weighted by Crippen LogP contribution is 2.29. The second-order valence-corrected chi connectivity index (χ2v) is 6.27. The molecule has 108 valence electrons. The standard InChI is InChI=1S/C14H19N3O2S/c1-9(2)13-15-14(19-16-13)17-6-10(3)18-12(7-17)11-4-5-20-8-11/h4-5,8-10,12H,6-7H2,1-3H3/t10-,12-/m1/s1. The number of hydrogen-bond donors (Lipinski definition) is 0. The van der Waals surface area contributed by atoms with E-state index in [4.69, 9.17) is 9.26 Å². The first kappa shape index (κ1) is 13.6. The fourth-order valence-electron chi connectivity index (χ4n) is 2.34. The second-order valence-electron chi connectivity index (χ2n) is 5.49. The number of nitrogens with zero attached hydrogens (tertiary/aromatic N) is 3. The van der Waals surface area contributed by atoms with Gasteiger partial charge in [-0.15, -0.1) is 0 Å². The van der Waals surface area contributed by atoms with Gasteiger partial charge in [0, 0.05) is 12.5 Å². The van der Waals surface area contributed by atoms with Crippen LogP contribution < -0.4 is 4.90 Å². The van der Waals surface area contributed by atoms with Crippen LogP contribution in [0.15, 0.2) is 21.3 Å². The highest BCUT2D eigenvalue weighted by Gasteiger charge is 2.29. The summed E-state index contributed by atoms with van der Waals surface area (Å²) >= 11 is 1.69. The fraction of sp³-hybridized carbons (Fsp3) is 0.571. The topological polar surface area (TPSA) is 51.4 Å². The van der Waals surface area contributed by atoms with Gasteiger partial charge in [-0.2, -0.15) is 16.3 Å².